The third-order valence-corrected chi connectivity index (χ3v) is 6.44. The van der Waals surface area contributed by atoms with Crippen molar-refractivity contribution in [1.82, 2.24) is 0 Å². The Morgan fingerprint density at radius 1 is 1.25 bits per heavy atom. The number of anilines is 2. The Morgan fingerprint density at radius 3 is 2.75 bits per heavy atom. The molecule has 0 amide bonds. The standard InChI is InChI=1S/C24H27FN2O/c1-2-24-11-10-21(28)14-18(24)5-3-4-16-13-23(17(15-26)12-22(16)24)27-20-8-6-19(25)7-9-20/h6-9,12-15,21,26-28H,2-5,10-11H2,1H3. The monoisotopic (exact) mass is 378 g/mol. The van der Waals surface area contributed by atoms with Crippen LogP contribution < -0.4 is 5.32 Å². The molecule has 0 saturated carbocycles. The minimum atomic E-state index is -0.335. The molecule has 2 aliphatic carbocycles. The molecule has 28 heavy (non-hydrogen) atoms. The van der Waals surface area contributed by atoms with E-state index in [1.165, 1.54) is 35.0 Å². The van der Waals surface area contributed by atoms with Crippen molar-refractivity contribution in [2.24, 2.45) is 0 Å². The lowest BCUT2D eigenvalue weighted by atomic mass is 9.64. The van der Waals surface area contributed by atoms with E-state index in [1.807, 2.05) is 0 Å². The molecule has 0 radical (unpaired) electrons. The van der Waals surface area contributed by atoms with E-state index in [1.54, 1.807) is 12.1 Å². The molecule has 0 fully saturated rings. The second-order valence-electron chi connectivity index (χ2n) is 7.96. The van der Waals surface area contributed by atoms with Crippen LogP contribution in [0, 0.1) is 11.2 Å². The summed E-state index contributed by atoms with van der Waals surface area (Å²) in [5.74, 6) is -0.261. The van der Waals surface area contributed by atoms with Crippen LogP contribution in [0.4, 0.5) is 15.8 Å². The second kappa shape index (κ2) is 7.51. The number of rotatable bonds is 4. The van der Waals surface area contributed by atoms with Crippen molar-refractivity contribution in [3.8, 4) is 0 Å². The summed E-state index contributed by atoms with van der Waals surface area (Å²) in [7, 11) is 0. The van der Waals surface area contributed by atoms with Crippen molar-refractivity contribution in [2.75, 3.05) is 5.32 Å². The van der Waals surface area contributed by atoms with E-state index in [4.69, 9.17) is 5.41 Å². The van der Waals surface area contributed by atoms with Gasteiger partial charge in [-0.1, -0.05) is 18.6 Å². The van der Waals surface area contributed by atoms with Crippen LogP contribution in [0.15, 0.2) is 48.0 Å². The van der Waals surface area contributed by atoms with E-state index in [2.05, 4.69) is 30.4 Å². The van der Waals surface area contributed by atoms with Crippen LogP contribution in [0.3, 0.4) is 0 Å². The molecule has 146 valence electrons. The number of fused-ring (bicyclic) bond motifs is 3. The molecule has 0 saturated heterocycles. The number of aliphatic hydroxyl groups excluding tert-OH is 1. The summed E-state index contributed by atoms with van der Waals surface area (Å²) in [6.07, 6.45) is 8.93. The number of allylic oxidation sites excluding steroid dienone is 1. The fourth-order valence-corrected chi connectivity index (χ4v) is 4.95. The summed E-state index contributed by atoms with van der Waals surface area (Å²) in [6.45, 7) is 2.23. The average Bonchev–Trinajstić information content (AvgIpc) is 2.85. The lowest BCUT2D eigenvalue weighted by Crippen LogP contribution is -2.34. The summed E-state index contributed by atoms with van der Waals surface area (Å²) in [6, 6.07) is 10.6. The summed E-state index contributed by atoms with van der Waals surface area (Å²) in [4.78, 5) is 0. The minimum absolute atomic E-state index is 0.0305. The SMILES string of the molecule is CCC12CCC(O)C=C1CCCc1cc(Nc3ccc(F)cc3)c(C=N)cc12. The number of aliphatic hydroxyl groups is 1. The zero-order valence-electron chi connectivity index (χ0n) is 16.3. The lowest BCUT2D eigenvalue weighted by Gasteiger charge is -2.40. The summed E-state index contributed by atoms with van der Waals surface area (Å²) in [5, 5.41) is 21.5. The Kier molecular flexibility index (Phi) is 5.07. The highest BCUT2D eigenvalue weighted by Gasteiger charge is 2.40. The highest BCUT2D eigenvalue weighted by Crippen LogP contribution is 2.49. The van der Waals surface area contributed by atoms with Gasteiger partial charge in [0.2, 0.25) is 0 Å². The molecule has 2 aromatic rings. The first-order valence-electron chi connectivity index (χ1n) is 10.2. The number of benzene rings is 2. The Balaban J connectivity index is 1.81. The van der Waals surface area contributed by atoms with Crippen molar-refractivity contribution in [1.29, 1.82) is 5.41 Å². The largest absolute Gasteiger partial charge is 0.389 e. The molecule has 3 nitrogen and oxygen atoms in total. The Morgan fingerprint density at radius 2 is 2.04 bits per heavy atom. The lowest BCUT2D eigenvalue weighted by molar-refractivity contribution is 0.181. The molecule has 0 bridgehead atoms. The highest BCUT2D eigenvalue weighted by atomic mass is 19.1. The van der Waals surface area contributed by atoms with Gasteiger partial charge < -0.3 is 15.8 Å². The van der Waals surface area contributed by atoms with Crippen LogP contribution in [-0.4, -0.2) is 17.4 Å². The van der Waals surface area contributed by atoms with E-state index in [9.17, 15) is 9.50 Å². The van der Waals surface area contributed by atoms with Crippen LogP contribution in [0.5, 0.6) is 0 Å². The van der Waals surface area contributed by atoms with Gasteiger partial charge in [0.1, 0.15) is 5.82 Å². The second-order valence-corrected chi connectivity index (χ2v) is 7.96. The fourth-order valence-electron chi connectivity index (χ4n) is 4.95. The van der Waals surface area contributed by atoms with Crippen LogP contribution >= 0.6 is 0 Å². The van der Waals surface area contributed by atoms with Crippen molar-refractivity contribution in [3.63, 3.8) is 0 Å². The number of aryl methyl sites for hydroxylation is 1. The number of halogens is 1. The smallest absolute Gasteiger partial charge is 0.123 e. The first-order valence-corrected chi connectivity index (χ1v) is 10.2. The summed E-state index contributed by atoms with van der Waals surface area (Å²) in [5.41, 5.74) is 6.49. The average molecular weight is 378 g/mol. The maximum Gasteiger partial charge on any atom is 0.123 e. The Labute approximate surface area is 165 Å². The van der Waals surface area contributed by atoms with Gasteiger partial charge in [0.05, 0.1) is 6.10 Å². The van der Waals surface area contributed by atoms with Crippen molar-refractivity contribution < 1.29 is 9.50 Å². The first-order chi connectivity index (χ1) is 13.6. The molecular weight excluding hydrogens is 351 g/mol. The minimum Gasteiger partial charge on any atom is -0.389 e. The molecule has 4 rings (SSSR count). The van der Waals surface area contributed by atoms with Gasteiger partial charge >= 0.3 is 0 Å². The topological polar surface area (TPSA) is 56.1 Å². The first kappa shape index (κ1) is 18.9. The van der Waals surface area contributed by atoms with E-state index >= 15 is 0 Å². The van der Waals surface area contributed by atoms with E-state index in [0.717, 1.165) is 55.5 Å². The predicted molar refractivity (Wildman–Crippen MR) is 112 cm³/mol. The van der Waals surface area contributed by atoms with Crippen LogP contribution in [0.2, 0.25) is 0 Å². The molecule has 0 aromatic heterocycles. The van der Waals surface area contributed by atoms with Gasteiger partial charge in [0.15, 0.2) is 0 Å². The molecule has 3 N–H and O–H groups in total. The van der Waals surface area contributed by atoms with Crippen molar-refractivity contribution >= 4 is 17.6 Å². The van der Waals surface area contributed by atoms with Crippen molar-refractivity contribution in [3.05, 3.63) is 70.6 Å². The van der Waals surface area contributed by atoms with Gasteiger partial charge in [0, 0.05) is 28.6 Å². The number of hydrogen-bond acceptors (Lipinski definition) is 3. The Hall–Kier alpha value is -2.46. The Bertz CT molecular complexity index is 919. The molecule has 2 aliphatic rings. The third kappa shape index (κ3) is 3.26. The molecule has 2 unspecified atom stereocenters. The fraction of sp³-hybridized carbons (Fsp3) is 0.375. The van der Waals surface area contributed by atoms with Crippen LogP contribution in [0.1, 0.15) is 55.7 Å². The highest BCUT2D eigenvalue weighted by molar-refractivity contribution is 5.88. The quantitative estimate of drug-likeness (QED) is 0.477. The van der Waals surface area contributed by atoms with Gasteiger partial charge in [-0.15, -0.1) is 0 Å². The zero-order chi connectivity index (χ0) is 19.7. The van der Waals surface area contributed by atoms with Crippen molar-refractivity contribution in [2.45, 2.75) is 57.0 Å². The van der Waals surface area contributed by atoms with E-state index in [0.29, 0.717) is 0 Å². The molecule has 4 heteroatoms. The summed E-state index contributed by atoms with van der Waals surface area (Å²) >= 11 is 0. The van der Waals surface area contributed by atoms with E-state index < -0.39 is 0 Å². The molecule has 2 aromatic carbocycles. The van der Waals surface area contributed by atoms with Crippen LogP contribution in [0.25, 0.3) is 0 Å². The molecule has 0 aliphatic heterocycles. The van der Waals surface area contributed by atoms with Gasteiger partial charge in [-0.05, 0) is 86.1 Å². The molecule has 2 atom stereocenters. The molecule has 0 heterocycles. The maximum absolute atomic E-state index is 13.2. The number of hydrogen-bond donors (Lipinski definition) is 3. The molecule has 0 spiro atoms. The maximum atomic E-state index is 13.2. The van der Waals surface area contributed by atoms with Gasteiger partial charge in [-0.3, -0.25) is 0 Å². The predicted octanol–water partition coefficient (Wildman–Crippen LogP) is 5.63. The van der Waals surface area contributed by atoms with Gasteiger partial charge in [0.25, 0.3) is 0 Å². The number of nitrogens with one attached hydrogen (secondary N) is 2. The molecular formula is C24H27FN2O. The van der Waals surface area contributed by atoms with E-state index in [-0.39, 0.29) is 17.3 Å². The van der Waals surface area contributed by atoms with Gasteiger partial charge in [-0.25, -0.2) is 4.39 Å². The zero-order valence-corrected chi connectivity index (χ0v) is 16.3. The summed E-state index contributed by atoms with van der Waals surface area (Å²) < 4.78 is 13.2. The van der Waals surface area contributed by atoms with Crippen LogP contribution in [-0.2, 0) is 11.8 Å². The van der Waals surface area contributed by atoms with Gasteiger partial charge in [-0.2, -0.15) is 0 Å². The third-order valence-electron chi connectivity index (χ3n) is 6.44. The normalized spacial score (nSPS) is 23.8.